The second-order valence-electron chi connectivity index (χ2n) is 10.3. The second-order valence-corrected chi connectivity index (χ2v) is 10.3. The van der Waals surface area contributed by atoms with E-state index in [1.165, 1.54) is 43.4 Å². The molecule has 0 aliphatic rings. The summed E-state index contributed by atoms with van der Waals surface area (Å²) >= 11 is 0. The molecule has 226 valence electrons. The number of nitrogens with one attached hydrogen (secondary N) is 3. The highest BCUT2D eigenvalue weighted by Gasteiger charge is 2.30. The molecule has 0 saturated carbocycles. The standard InChI is InChI=1S/C31H26F4N6O3/c1-30(2,29-37-12-5-13-38-29)41-26(42)19-7-4-6-18(14-19)21-15-22-23(27(43)36-3)24(17-8-10-20(32)11-9-17)44-28(22)40-25(21)39-16-31(33,34)35/h4-15H,16H2,1-3H3,(H,36,43)(H,39,40)(H,41,42). The van der Waals surface area contributed by atoms with Gasteiger partial charge in [-0.25, -0.2) is 14.4 Å². The summed E-state index contributed by atoms with van der Waals surface area (Å²) < 4.78 is 59.3. The fraction of sp³-hybridized carbons (Fsp3) is 0.194. The van der Waals surface area contributed by atoms with Crippen LogP contribution in [0.1, 0.15) is 40.4 Å². The zero-order valence-corrected chi connectivity index (χ0v) is 23.7. The zero-order valence-electron chi connectivity index (χ0n) is 23.7. The first kappa shape index (κ1) is 30.1. The molecule has 9 nitrogen and oxygen atoms in total. The SMILES string of the molecule is CNC(=O)c1c(-c2ccc(F)cc2)oc2nc(NCC(F)(F)F)c(-c3cccc(C(=O)NC(C)(C)c4ncccn4)c3)cc12. The Bertz CT molecular complexity index is 1840. The minimum Gasteiger partial charge on any atom is -0.437 e. The number of fused-ring (bicyclic) bond motifs is 1. The zero-order chi connectivity index (χ0) is 31.6. The lowest BCUT2D eigenvalue weighted by atomic mass is 9.99. The van der Waals surface area contributed by atoms with E-state index >= 15 is 0 Å². The number of anilines is 1. The molecule has 0 saturated heterocycles. The number of furan rings is 1. The lowest BCUT2D eigenvalue weighted by Gasteiger charge is -2.24. The Kier molecular flexibility index (Phi) is 8.05. The number of alkyl halides is 3. The Hall–Kier alpha value is -5.33. The Morgan fingerprint density at radius 1 is 0.909 bits per heavy atom. The fourth-order valence-corrected chi connectivity index (χ4v) is 4.58. The average molecular weight is 607 g/mol. The monoisotopic (exact) mass is 606 g/mol. The highest BCUT2D eigenvalue weighted by atomic mass is 19.4. The van der Waals surface area contributed by atoms with E-state index in [2.05, 4.69) is 30.9 Å². The molecule has 0 aliphatic heterocycles. The van der Waals surface area contributed by atoms with Crippen molar-refractivity contribution in [2.45, 2.75) is 25.6 Å². The fourth-order valence-electron chi connectivity index (χ4n) is 4.58. The van der Waals surface area contributed by atoms with Gasteiger partial charge < -0.3 is 20.4 Å². The van der Waals surface area contributed by atoms with Crippen LogP contribution in [0.3, 0.4) is 0 Å². The smallest absolute Gasteiger partial charge is 0.405 e. The molecule has 5 aromatic rings. The van der Waals surface area contributed by atoms with E-state index < -0.39 is 35.9 Å². The van der Waals surface area contributed by atoms with Gasteiger partial charge >= 0.3 is 6.18 Å². The number of aromatic nitrogens is 3. The minimum atomic E-state index is -4.57. The molecule has 0 atom stereocenters. The summed E-state index contributed by atoms with van der Waals surface area (Å²) in [5.41, 5.74) is 0.0942. The Balaban J connectivity index is 1.63. The van der Waals surface area contributed by atoms with Crippen molar-refractivity contribution in [3.8, 4) is 22.5 Å². The van der Waals surface area contributed by atoms with E-state index in [0.717, 1.165) is 0 Å². The van der Waals surface area contributed by atoms with Crippen LogP contribution in [0.2, 0.25) is 0 Å². The maximum absolute atomic E-state index is 13.6. The average Bonchev–Trinajstić information content (AvgIpc) is 3.38. The molecular formula is C31H26F4N6O3. The van der Waals surface area contributed by atoms with Crippen LogP contribution in [0.4, 0.5) is 23.4 Å². The highest BCUT2D eigenvalue weighted by molar-refractivity contribution is 6.11. The summed E-state index contributed by atoms with van der Waals surface area (Å²) in [6.07, 6.45) is -1.46. The van der Waals surface area contributed by atoms with Gasteiger partial charge in [-0.1, -0.05) is 12.1 Å². The number of nitrogens with zero attached hydrogens (tertiary/aromatic N) is 3. The van der Waals surface area contributed by atoms with Crippen molar-refractivity contribution in [1.29, 1.82) is 0 Å². The van der Waals surface area contributed by atoms with Crippen molar-refractivity contribution in [2.75, 3.05) is 18.9 Å². The molecule has 5 rings (SSSR count). The molecule has 3 N–H and O–H groups in total. The quantitative estimate of drug-likeness (QED) is 0.183. The van der Waals surface area contributed by atoms with E-state index in [-0.39, 0.29) is 39.4 Å². The van der Waals surface area contributed by atoms with Crippen molar-refractivity contribution in [3.63, 3.8) is 0 Å². The number of pyridine rings is 1. The third-order valence-electron chi connectivity index (χ3n) is 6.69. The summed E-state index contributed by atoms with van der Waals surface area (Å²) in [5.74, 6) is -1.27. The van der Waals surface area contributed by atoms with Crippen LogP contribution in [-0.2, 0) is 5.54 Å². The number of carbonyl (C=O) groups excluding carboxylic acids is 2. The van der Waals surface area contributed by atoms with Gasteiger partial charge in [0.15, 0.2) is 5.82 Å². The van der Waals surface area contributed by atoms with Gasteiger partial charge in [-0.05, 0) is 67.9 Å². The van der Waals surface area contributed by atoms with Crippen molar-refractivity contribution in [1.82, 2.24) is 25.6 Å². The van der Waals surface area contributed by atoms with Crippen LogP contribution in [0.5, 0.6) is 0 Å². The Labute approximate surface area is 248 Å². The van der Waals surface area contributed by atoms with Crippen LogP contribution >= 0.6 is 0 Å². The van der Waals surface area contributed by atoms with Gasteiger partial charge in [0.1, 0.15) is 23.9 Å². The van der Waals surface area contributed by atoms with Gasteiger partial charge in [0.25, 0.3) is 11.8 Å². The summed E-state index contributed by atoms with van der Waals surface area (Å²) in [6, 6.07) is 14.5. The number of benzene rings is 2. The minimum absolute atomic E-state index is 0.0590. The van der Waals surface area contributed by atoms with Gasteiger partial charge in [0.05, 0.1) is 16.5 Å². The van der Waals surface area contributed by atoms with Crippen LogP contribution < -0.4 is 16.0 Å². The lowest BCUT2D eigenvalue weighted by molar-refractivity contribution is -0.115. The van der Waals surface area contributed by atoms with E-state index in [1.807, 2.05) is 0 Å². The first-order valence-corrected chi connectivity index (χ1v) is 13.3. The maximum atomic E-state index is 13.6. The van der Waals surface area contributed by atoms with Crippen LogP contribution in [0, 0.1) is 5.82 Å². The Morgan fingerprint density at radius 3 is 2.27 bits per heavy atom. The number of hydrogen-bond acceptors (Lipinski definition) is 7. The van der Waals surface area contributed by atoms with Crippen LogP contribution in [0.25, 0.3) is 33.6 Å². The summed E-state index contributed by atoms with van der Waals surface area (Å²) in [4.78, 5) is 39.1. The first-order chi connectivity index (χ1) is 20.9. The van der Waals surface area contributed by atoms with E-state index in [9.17, 15) is 27.2 Å². The van der Waals surface area contributed by atoms with Gasteiger partial charge in [0, 0.05) is 36.1 Å². The Morgan fingerprint density at radius 2 is 1.61 bits per heavy atom. The van der Waals surface area contributed by atoms with Crippen molar-refractivity contribution in [2.24, 2.45) is 0 Å². The third kappa shape index (κ3) is 6.36. The molecule has 0 fully saturated rings. The number of hydrogen-bond donors (Lipinski definition) is 3. The van der Waals surface area contributed by atoms with Gasteiger partial charge in [-0.15, -0.1) is 0 Å². The topological polar surface area (TPSA) is 122 Å². The molecule has 0 aliphatic carbocycles. The van der Waals surface area contributed by atoms with Gasteiger partial charge in [-0.2, -0.15) is 18.2 Å². The summed E-state index contributed by atoms with van der Waals surface area (Å²) in [7, 11) is 1.41. The number of halogens is 4. The van der Waals surface area contributed by atoms with Gasteiger partial charge in [-0.3, -0.25) is 9.59 Å². The second kappa shape index (κ2) is 11.7. The molecule has 2 amide bonds. The largest absolute Gasteiger partial charge is 0.437 e. The van der Waals surface area contributed by atoms with E-state index in [0.29, 0.717) is 17.0 Å². The number of amides is 2. The maximum Gasteiger partial charge on any atom is 0.405 e. The first-order valence-electron chi connectivity index (χ1n) is 13.3. The van der Waals surface area contributed by atoms with E-state index in [1.54, 1.807) is 50.5 Å². The predicted molar refractivity (Wildman–Crippen MR) is 155 cm³/mol. The number of rotatable bonds is 8. The van der Waals surface area contributed by atoms with E-state index in [4.69, 9.17) is 4.42 Å². The van der Waals surface area contributed by atoms with Crippen LogP contribution in [0.15, 0.2) is 77.5 Å². The van der Waals surface area contributed by atoms with Crippen molar-refractivity contribution >= 4 is 28.7 Å². The third-order valence-corrected chi connectivity index (χ3v) is 6.69. The van der Waals surface area contributed by atoms with Gasteiger partial charge in [0.2, 0.25) is 5.71 Å². The number of carbonyl (C=O) groups is 2. The molecule has 3 aromatic heterocycles. The lowest BCUT2D eigenvalue weighted by Crippen LogP contribution is -2.42. The highest BCUT2D eigenvalue weighted by Crippen LogP contribution is 2.38. The van der Waals surface area contributed by atoms with Crippen LogP contribution in [-0.4, -0.2) is 46.5 Å². The molecule has 0 radical (unpaired) electrons. The molecule has 2 aromatic carbocycles. The molecule has 44 heavy (non-hydrogen) atoms. The molecular weight excluding hydrogens is 580 g/mol. The molecule has 0 bridgehead atoms. The predicted octanol–water partition coefficient (Wildman–Crippen LogP) is 6.09. The molecule has 0 unspecified atom stereocenters. The molecule has 0 spiro atoms. The summed E-state index contributed by atoms with van der Waals surface area (Å²) in [5, 5.41) is 7.92. The summed E-state index contributed by atoms with van der Waals surface area (Å²) in [6.45, 7) is 2.07. The molecule has 13 heteroatoms. The van der Waals surface area contributed by atoms with Crippen molar-refractivity contribution < 1.29 is 31.6 Å². The normalized spacial score (nSPS) is 11.8. The van der Waals surface area contributed by atoms with Crippen molar-refractivity contribution in [3.05, 3.63) is 95.8 Å². The molecule has 3 heterocycles.